The number of ether oxygens (including phenoxy) is 1. The number of benzene rings is 2. The van der Waals surface area contributed by atoms with Gasteiger partial charge < -0.3 is 9.84 Å². The Labute approximate surface area is 148 Å². The van der Waals surface area contributed by atoms with E-state index in [9.17, 15) is 4.79 Å². The summed E-state index contributed by atoms with van der Waals surface area (Å²) in [4.78, 5) is 15.6. The third kappa shape index (κ3) is 4.92. The SMILES string of the molecule is O=C(O)c1ccc(COc2ccccc2C=NC2CCCCC2)cc1. The third-order valence-electron chi connectivity index (χ3n) is 4.51. The number of aromatic carboxylic acids is 1. The predicted molar refractivity (Wildman–Crippen MR) is 98.6 cm³/mol. The Balaban J connectivity index is 1.64. The molecule has 130 valence electrons. The largest absolute Gasteiger partial charge is 0.488 e. The number of para-hydroxylation sites is 1. The van der Waals surface area contributed by atoms with Gasteiger partial charge in [0.2, 0.25) is 0 Å². The van der Waals surface area contributed by atoms with Crippen LogP contribution < -0.4 is 4.74 Å². The number of nitrogens with zero attached hydrogens (tertiary/aromatic N) is 1. The second-order valence-corrected chi connectivity index (χ2v) is 6.40. The number of carboxylic acids is 1. The van der Waals surface area contributed by atoms with Crippen molar-refractivity contribution in [2.24, 2.45) is 4.99 Å². The quantitative estimate of drug-likeness (QED) is 0.776. The molecule has 4 heteroatoms. The number of carbonyl (C=O) groups is 1. The van der Waals surface area contributed by atoms with Crippen LogP contribution in [0.3, 0.4) is 0 Å². The summed E-state index contributed by atoms with van der Waals surface area (Å²) in [6, 6.07) is 15.1. The van der Waals surface area contributed by atoms with Gasteiger partial charge in [0, 0.05) is 17.8 Å². The fourth-order valence-corrected chi connectivity index (χ4v) is 3.04. The van der Waals surface area contributed by atoms with Crippen molar-refractivity contribution in [3.63, 3.8) is 0 Å². The Hall–Kier alpha value is -2.62. The number of hydrogen-bond donors (Lipinski definition) is 1. The zero-order chi connectivity index (χ0) is 17.5. The first-order chi connectivity index (χ1) is 12.2. The minimum atomic E-state index is -0.920. The third-order valence-corrected chi connectivity index (χ3v) is 4.51. The number of carboxylic acid groups (broad SMARTS) is 1. The minimum Gasteiger partial charge on any atom is -0.488 e. The van der Waals surface area contributed by atoms with E-state index in [2.05, 4.69) is 0 Å². The van der Waals surface area contributed by atoms with Gasteiger partial charge in [-0.15, -0.1) is 0 Å². The van der Waals surface area contributed by atoms with Crippen molar-refractivity contribution in [1.82, 2.24) is 0 Å². The molecular weight excluding hydrogens is 314 g/mol. The van der Waals surface area contributed by atoms with Gasteiger partial charge >= 0.3 is 5.97 Å². The van der Waals surface area contributed by atoms with Crippen LogP contribution in [-0.2, 0) is 6.61 Å². The van der Waals surface area contributed by atoms with Gasteiger partial charge in [-0.2, -0.15) is 0 Å². The average Bonchev–Trinajstić information content (AvgIpc) is 2.66. The predicted octanol–water partition coefficient (Wildman–Crippen LogP) is 4.72. The average molecular weight is 337 g/mol. The van der Waals surface area contributed by atoms with Crippen molar-refractivity contribution >= 4 is 12.2 Å². The molecule has 0 atom stereocenters. The Morgan fingerprint density at radius 1 is 1.08 bits per heavy atom. The normalized spacial score (nSPS) is 15.4. The monoisotopic (exact) mass is 337 g/mol. The highest BCUT2D eigenvalue weighted by Crippen LogP contribution is 2.22. The van der Waals surface area contributed by atoms with E-state index in [0.717, 1.165) is 16.9 Å². The van der Waals surface area contributed by atoms with Crippen molar-refractivity contribution in [3.8, 4) is 5.75 Å². The molecule has 0 bridgehead atoms. The lowest BCUT2D eigenvalue weighted by atomic mass is 9.96. The van der Waals surface area contributed by atoms with E-state index in [1.807, 2.05) is 30.5 Å². The van der Waals surface area contributed by atoms with Crippen molar-refractivity contribution in [1.29, 1.82) is 0 Å². The summed E-state index contributed by atoms with van der Waals surface area (Å²) < 4.78 is 5.92. The Kier molecular flexibility index (Phi) is 5.83. The van der Waals surface area contributed by atoms with E-state index in [1.165, 1.54) is 32.1 Å². The lowest BCUT2D eigenvalue weighted by molar-refractivity contribution is 0.0697. The standard InChI is InChI=1S/C21H23NO3/c23-21(24)17-12-10-16(11-13-17)15-25-20-9-5-4-6-18(20)14-22-19-7-2-1-3-8-19/h4-6,9-14,19H,1-3,7-8,15H2,(H,23,24). The fourth-order valence-electron chi connectivity index (χ4n) is 3.04. The van der Waals surface area contributed by atoms with Crippen LogP contribution in [0.2, 0.25) is 0 Å². The van der Waals surface area contributed by atoms with Gasteiger partial charge in [0.05, 0.1) is 5.56 Å². The molecular formula is C21H23NO3. The first-order valence-corrected chi connectivity index (χ1v) is 8.79. The molecule has 4 nitrogen and oxygen atoms in total. The summed E-state index contributed by atoms with van der Waals surface area (Å²) in [7, 11) is 0. The van der Waals surface area contributed by atoms with Crippen LogP contribution in [0.25, 0.3) is 0 Å². The summed E-state index contributed by atoms with van der Waals surface area (Å²) in [6.45, 7) is 0.397. The Morgan fingerprint density at radius 2 is 1.80 bits per heavy atom. The molecule has 0 amide bonds. The molecule has 0 spiro atoms. The highest BCUT2D eigenvalue weighted by atomic mass is 16.5. The zero-order valence-electron chi connectivity index (χ0n) is 14.2. The van der Waals surface area contributed by atoms with Crippen LogP contribution in [0.1, 0.15) is 53.6 Å². The van der Waals surface area contributed by atoms with E-state index < -0.39 is 5.97 Å². The highest BCUT2D eigenvalue weighted by Gasteiger charge is 2.11. The molecule has 0 aliphatic heterocycles. The molecule has 1 aliphatic rings. The topological polar surface area (TPSA) is 58.9 Å². The lowest BCUT2D eigenvalue weighted by Crippen LogP contribution is -2.09. The van der Waals surface area contributed by atoms with Gasteiger partial charge in [0.1, 0.15) is 12.4 Å². The molecule has 1 saturated carbocycles. The summed E-state index contributed by atoms with van der Waals surface area (Å²) in [5.74, 6) is -0.124. The van der Waals surface area contributed by atoms with Gasteiger partial charge in [-0.1, -0.05) is 43.5 Å². The molecule has 2 aromatic carbocycles. The molecule has 2 aromatic rings. The summed E-state index contributed by atoms with van der Waals surface area (Å²) in [5.41, 5.74) is 2.20. The maximum Gasteiger partial charge on any atom is 0.335 e. The van der Waals surface area contributed by atoms with Crippen molar-refractivity contribution < 1.29 is 14.6 Å². The summed E-state index contributed by atoms with van der Waals surface area (Å²) in [5, 5.41) is 8.94. The van der Waals surface area contributed by atoms with E-state index in [-0.39, 0.29) is 5.56 Å². The smallest absolute Gasteiger partial charge is 0.335 e. The Morgan fingerprint density at radius 3 is 2.52 bits per heavy atom. The molecule has 1 N–H and O–H groups in total. The van der Waals surface area contributed by atoms with Gasteiger partial charge in [-0.25, -0.2) is 4.79 Å². The van der Waals surface area contributed by atoms with E-state index in [1.54, 1.807) is 24.3 Å². The zero-order valence-corrected chi connectivity index (χ0v) is 14.2. The first kappa shape index (κ1) is 17.2. The lowest BCUT2D eigenvalue weighted by Gasteiger charge is -2.17. The number of aliphatic imine (C=N–C) groups is 1. The molecule has 25 heavy (non-hydrogen) atoms. The van der Waals surface area contributed by atoms with Crippen LogP contribution in [0.5, 0.6) is 5.75 Å². The highest BCUT2D eigenvalue weighted by molar-refractivity contribution is 5.87. The molecule has 0 radical (unpaired) electrons. The fraction of sp³-hybridized carbons (Fsp3) is 0.333. The van der Waals surface area contributed by atoms with Gasteiger partial charge in [0.25, 0.3) is 0 Å². The summed E-state index contributed by atoms with van der Waals surface area (Å²) in [6.07, 6.45) is 8.15. The summed E-state index contributed by atoms with van der Waals surface area (Å²) >= 11 is 0. The molecule has 1 fully saturated rings. The second-order valence-electron chi connectivity index (χ2n) is 6.40. The van der Waals surface area contributed by atoms with Gasteiger partial charge in [-0.05, 0) is 42.7 Å². The van der Waals surface area contributed by atoms with Crippen LogP contribution >= 0.6 is 0 Å². The van der Waals surface area contributed by atoms with Crippen molar-refractivity contribution in [2.75, 3.05) is 0 Å². The number of hydrogen-bond acceptors (Lipinski definition) is 3. The minimum absolute atomic E-state index is 0.281. The Bertz CT molecular complexity index is 731. The van der Waals surface area contributed by atoms with Crippen molar-refractivity contribution in [2.45, 2.75) is 44.8 Å². The second kappa shape index (κ2) is 8.47. The van der Waals surface area contributed by atoms with Crippen LogP contribution in [0.4, 0.5) is 0 Å². The van der Waals surface area contributed by atoms with Gasteiger partial charge in [0.15, 0.2) is 0 Å². The van der Waals surface area contributed by atoms with E-state index in [4.69, 9.17) is 14.8 Å². The molecule has 0 saturated heterocycles. The molecule has 1 aliphatic carbocycles. The van der Waals surface area contributed by atoms with Crippen LogP contribution in [-0.4, -0.2) is 23.3 Å². The maximum atomic E-state index is 10.9. The van der Waals surface area contributed by atoms with Crippen molar-refractivity contribution in [3.05, 3.63) is 65.2 Å². The molecule has 3 rings (SSSR count). The van der Waals surface area contributed by atoms with E-state index >= 15 is 0 Å². The maximum absolute atomic E-state index is 10.9. The molecule has 0 unspecified atom stereocenters. The van der Waals surface area contributed by atoms with Crippen LogP contribution in [0.15, 0.2) is 53.5 Å². The molecule has 0 aromatic heterocycles. The number of rotatable bonds is 6. The first-order valence-electron chi connectivity index (χ1n) is 8.79. The van der Waals surface area contributed by atoms with Gasteiger partial charge in [-0.3, -0.25) is 4.99 Å². The molecule has 0 heterocycles. The van der Waals surface area contributed by atoms with E-state index in [0.29, 0.717) is 12.6 Å². The van der Waals surface area contributed by atoms with Crippen LogP contribution in [0, 0.1) is 0 Å².